The molecule has 41 heavy (non-hydrogen) atoms. The fourth-order valence-electron chi connectivity index (χ4n) is 6.33. The van der Waals surface area contributed by atoms with E-state index >= 15 is 0 Å². The summed E-state index contributed by atoms with van der Waals surface area (Å²) in [4.78, 5) is 42.0. The Kier molecular flexibility index (Phi) is 7.66. The van der Waals surface area contributed by atoms with Crippen LogP contribution in [0.15, 0.2) is 69.5 Å². The maximum atomic E-state index is 13.7. The first-order valence-electron chi connectivity index (χ1n) is 13.9. The number of methoxy groups -OCH3 is 1. The maximum absolute atomic E-state index is 13.7. The second-order valence-corrected chi connectivity index (χ2v) is 13.7. The predicted octanol–water partition coefficient (Wildman–Crippen LogP) is 6.79. The number of nitrogens with zero attached hydrogens (tertiary/aromatic N) is 1. The SMILES string of the molecule is COc1ccc(NC(=O)COc2ccc(C3C4=C(CC(C)(C)CC4=O)N(C)C4=C3C(=O)CC(C)(C)C4)cc2Br)cc1. The summed E-state index contributed by atoms with van der Waals surface area (Å²) in [5.74, 6) is 0.690. The minimum absolute atomic E-state index is 0.101. The molecule has 0 bridgehead atoms. The first kappa shape index (κ1) is 29.1. The van der Waals surface area contributed by atoms with E-state index in [9.17, 15) is 14.4 Å². The average molecular weight is 622 g/mol. The zero-order valence-electron chi connectivity index (χ0n) is 24.5. The quantitative estimate of drug-likeness (QED) is 0.383. The summed E-state index contributed by atoms with van der Waals surface area (Å²) in [6, 6.07) is 12.7. The number of halogens is 1. The molecule has 1 amide bonds. The van der Waals surface area contributed by atoms with Crippen molar-refractivity contribution in [3.63, 3.8) is 0 Å². The molecular weight excluding hydrogens is 584 g/mol. The third-order valence-corrected chi connectivity index (χ3v) is 8.82. The van der Waals surface area contributed by atoms with Crippen LogP contribution in [0.4, 0.5) is 5.69 Å². The number of hydrogen-bond donors (Lipinski definition) is 1. The van der Waals surface area contributed by atoms with Crippen molar-refractivity contribution < 1.29 is 23.9 Å². The number of anilines is 1. The van der Waals surface area contributed by atoms with Gasteiger partial charge in [0.1, 0.15) is 11.5 Å². The molecule has 0 saturated heterocycles. The molecule has 216 valence electrons. The van der Waals surface area contributed by atoms with Crippen LogP contribution < -0.4 is 14.8 Å². The van der Waals surface area contributed by atoms with Gasteiger partial charge in [-0.25, -0.2) is 0 Å². The molecule has 2 aromatic carbocycles. The van der Waals surface area contributed by atoms with Crippen molar-refractivity contribution in [1.82, 2.24) is 4.90 Å². The van der Waals surface area contributed by atoms with Gasteiger partial charge in [-0.3, -0.25) is 14.4 Å². The zero-order chi connectivity index (χ0) is 29.7. The Bertz CT molecular complexity index is 1430. The minimum atomic E-state index is -0.424. The van der Waals surface area contributed by atoms with E-state index in [2.05, 4.69) is 53.8 Å². The highest BCUT2D eigenvalue weighted by molar-refractivity contribution is 9.10. The number of ether oxygens (including phenoxy) is 2. The van der Waals surface area contributed by atoms with Gasteiger partial charge in [0.15, 0.2) is 18.2 Å². The molecule has 5 rings (SSSR count). The highest BCUT2D eigenvalue weighted by Gasteiger charge is 2.48. The molecule has 3 aliphatic rings. The van der Waals surface area contributed by atoms with Crippen LogP contribution in [0.1, 0.15) is 64.9 Å². The normalized spacial score (nSPS) is 20.0. The molecule has 1 aliphatic heterocycles. The predicted molar refractivity (Wildman–Crippen MR) is 162 cm³/mol. The van der Waals surface area contributed by atoms with Gasteiger partial charge in [0.2, 0.25) is 0 Å². The van der Waals surface area contributed by atoms with Gasteiger partial charge in [0.05, 0.1) is 11.6 Å². The molecule has 1 N–H and O–H groups in total. The molecule has 0 unspecified atom stereocenters. The smallest absolute Gasteiger partial charge is 0.262 e. The van der Waals surface area contributed by atoms with Crippen molar-refractivity contribution in [3.8, 4) is 11.5 Å². The van der Waals surface area contributed by atoms with E-state index in [1.165, 1.54) is 0 Å². The molecule has 0 fully saturated rings. The van der Waals surface area contributed by atoms with E-state index in [4.69, 9.17) is 9.47 Å². The summed E-state index contributed by atoms with van der Waals surface area (Å²) < 4.78 is 11.6. The first-order chi connectivity index (χ1) is 19.3. The highest BCUT2D eigenvalue weighted by atomic mass is 79.9. The number of nitrogens with one attached hydrogen (secondary N) is 1. The summed E-state index contributed by atoms with van der Waals surface area (Å²) in [6.45, 7) is 8.34. The third-order valence-electron chi connectivity index (χ3n) is 8.20. The maximum Gasteiger partial charge on any atom is 0.262 e. The van der Waals surface area contributed by atoms with Crippen molar-refractivity contribution in [2.75, 3.05) is 26.1 Å². The van der Waals surface area contributed by atoms with Crippen LogP contribution in [0.25, 0.3) is 0 Å². The van der Waals surface area contributed by atoms with Crippen LogP contribution in [-0.2, 0) is 14.4 Å². The summed E-state index contributed by atoms with van der Waals surface area (Å²) in [6.07, 6.45) is 2.45. The Morgan fingerprint density at radius 1 is 0.927 bits per heavy atom. The summed E-state index contributed by atoms with van der Waals surface area (Å²) in [5.41, 5.74) is 4.72. The molecular formula is C33H37BrN2O5. The largest absolute Gasteiger partial charge is 0.497 e. The van der Waals surface area contributed by atoms with Gasteiger partial charge in [-0.15, -0.1) is 0 Å². The zero-order valence-corrected chi connectivity index (χ0v) is 26.1. The second-order valence-electron chi connectivity index (χ2n) is 12.8. The Morgan fingerprint density at radius 3 is 2.00 bits per heavy atom. The lowest BCUT2D eigenvalue weighted by Crippen LogP contribution is -2.43. The number of amides is 1. The lowest BCUT2D eigenvalue weighted by atomic mass is 9.64. The van der Waals surface area contributed by atoms with Crippen LogP contribution in [0, 0.1) is 10.8 Å². The molecule has 0 atom stereocenters. The third kappa shape index (κ3) is 5.85. The molecule has 0 spiro atoms. The minimum Gasteiger partial charge on any atom is -0.497 e. The Balaban J connectivity index is 1.43. The fourth-order valence-corrected chi connectivity index (χ4v) is 6.84. The monoisotopic (exact) mass is 620 g/mol. The van der Waals surface area contributed by atoms with Gasteiger partial charge in [-0.2, -0.15) is 0 Å². The van der Waals surface area contributed by atoms with Crippen LogP contribution >= 0.6 is 15.9 Å². The van der Waals surface area contributed by atoms with Crippen LogP contribution in [0.5, 0.6) is 11.5 Å². The Morgan fingerprint density at radius 2 is 1.49 bits per heavy atom. The van der Waals surface area contributed by atoms with Gasteiger partial charge >= 0.3 is 0 Å². The number of hydrogen-bond acceptors (Lipinski definition) is 6. The molecule has 7 nitrogen and oxygen atoms in total. The number of carbonyl (C=O) groups excluding carboxylic acids is 3. The lowest BCUT2D eigenvalue weighted by Gasteiger charge is -2.47. The van der Waals surface area contributed by atoms with Crippen molar-refractivity contribution in [1.29, 1.82) is 0 Å². The van der Waals surface area contributed by atoms with Crippen molar-refractivity contribution >= 4 is 39.1 Å². The molecule has 1 heterocycles. The summed E-state index contributed by atoms with van der Waals surface area (Å²) in [5, 5.41) is 2.81. The number of carbonyl (C=O) groups is 3. The van der Waals surface area contributed by atoms with Crippen LogP contribution in [-0.4, -0.2) is 43.1 Å². The second kappa shape index (κ2) is 10.8. The lowest BCUT2D eigenvalue weighted by molar-refractivity contribution is -0.120. The molecule has 0 saturated carbocycles. The van der Waals surface area contributed by atoms with Crippen molar-refractivity contribution in [2.45, 2.75) is 59.3 Å². The molecule has 0 radical (unpaired) electrons. The molecule has 8 heteroatoms. The average Bonchev–Trinajstić information content (AvgIpc) is 2.88. The first-order valence-corrected chi connectivity index (χ1v) is 14.7. The van der Waals surface area contributed by atoms with Gasteiger partial charge < -0.3 is 19.7 Å². The van der Waals surface area contributed by atoms with E-state index in [1.807, 2.05) is 19.2 Å². The summed E-state index contributed by atoms with van der Waals surface area (Å²) in [7, 11) is 3.60. The van der Waals surface area contributed by atoms with E-state index in [1.54, 1.807) is 37.4 Å². The van der Waals surface area contributed by atoms with Crippen LogP contribution in [0.2, 0.25) is 0 Å². The molecule has 0 aromatic heterocycles. The number of Topliss-reactive ketones (excluding diaryl/α,β-unsaturated/α-hetero) is 2. The number of benzene rings is 2. The number of rotatable bonds is 6. The van der Waals surface area contributed by atoms with E-state index in [0.717, 1.165) is 40.9 Å². The standard InChI is InChI=1S/C33H37BrN2O5/c1-32(2)14-23-30(25(37)16-32)29(31-24(36(23)5)15-33(3,4)17-26(31)38)19-7-12-27(22(34)13-19)41-18-28(39)35-20-8-10-21(40-6)11-9-20/h7-13,29H,14-18H2,1-6H3,(H,35,39). The van der Waals surface area contributed by atoms with Crippen molar-refractivity contribution in [2.24, 2.45) is 10.8 Å². The van der Waals surface area contributed by atoms with Gasteiger partial charge in [0, 0.05) is 54.0 Å². The Labute approximate surface area is 250 Å². The summed E-state index contributed by atoms with van der Waals surface area (Å²) >= 11 is 3.62. The van der Waals surface area contributed by atoms with E-state index < -0.39 is 5.92 Å². The highest BCUT2D eigenvalue weighted by Crippen LogP contribution is 2.54. The van der Waals surface area contributed by atoms with Crippen LogP contribution in [0.3, 0.4) is 0 Å². The van der Waals surface area contributed by atoms with E-state index in [0.29, 0.717) is 34.5 Å². The fraction of sp³-hybridized carbons (Fsp3) is 0.424. The van der Waals surface area contributed by atoms with Crippen molar-refractivity contribution in [3.05, 3.63) is 75.0 Å². The number of allylic oxidation sites excluding steroid dienone is 4. The molecule has 2 aliphatic carbocycles. The number of ketones is 2. The van der Waals surface area contributed by atoms with Gasteiger partial charge in [0.25, 0.3) is 5.91 Å². The van der Waals surface area contributed by atoms with Gasteiger partial charge in [-0.05, 0) is 81.6 Å². The molecule has 2 aromatic rings. The van der Waals surface area contributed by atoms with Gasteiger partial charge in [-0.1, -0.05) is 33.8 Å². The Hall–Kier alpha value is -3.39. The topological polar surface area (TPSA) is 84.9 Å². The van der Waals surface area contributed by atoms with E-state index in [-0.39, 0.29) is 34.9 Å².